The zero-order valence-electron chi connectivity index (χ0n) is 11.4. The van der Waals surface area contributed by atoms with Crippen LogP contribution in [0.15, 0.2) is 29.4 Å². The van der Waals surface area contributed by atoms with Crippen molar-refractivity contribution in [2.45, 2.75) is 31.8 Å². The first kappa shape index (κ1) is 13.4. The van der Waals surface area contributed by atoms with E-state index in [2.05, 4.69) is 5.16 Å². The Balaban J connectivity index is 1.77. The van der Waals surface area contributed by atoms with Crippen LogP contribution < -0.4 is 0 Å². The van der Waals surface area contributed by atoms with Gasteiger partial charge in [0.25, 0.3) is 5.91 Å². The first-order valence-electron chi connectivity index (χ1n) is 6.89. The average molecular weight is 293 g/mol. The summed E-state index contributed by atoms with van der Waals surface area (Å²) in [4.78, 5) is 19.9. The molecule has 1 saturated heterocycles. The average Bonchev–Trinajstić information content (AvgIpc) is 3.09. The summed E-state index contributed by atoms with van der Waals surface area (Å²) in [6.45, 7) is 3.44. The van der Waals surface area contributed by atoms with Crippen molar-refractivity contribution in [2.75, 3.05) is 13.1 Å². The highest BCUT2D eigenvalue weighted by molar-refractivity contribution is 6.34. The highest BCUT2D eigenvalue weighted by Crippen LogP contribution is 2.31. The predicted molar refractivity (Wildman–Crippen MR) is 77.9 cm³/mol. The molecule has 5 heteroatoms. The van der Waals surface area contributed by atoms with Crippen LogP contribution in [0.1, 0.15) is 31.7 Å². The van der Waals surface area contributed by atoms with E-state index in [1.807, 2.05) is 29.2 Å². The lowest BCUT2D eigenvalue weighted by Crippen LogP contribution is -2.46. The molecule has 1 atom stereocenters. The Bertz CT molecular complexity index is 567. The molecular formula is C15H17ClN2O2. The maximum absolute atomic E-state index is 12.5. The molecule has 1 aromatic carbocycles. The summed E-state index contributed by atoms with van der Waals surface area (Å²) < 4.78 is 0. The summed E-state index contributed by atoms with van der Waals surface area (Å²) in [5.74, 6) is 0.0285. The van der Waals surface area contributed by atoms with Gasteiger partial charge in [0, 0.05) is 30.1 Å². The van der Waals surface area contributed by atoms with Gasteiger partial charge in [0.15, 0.2) is 0 Å². The lowest BCUT2D eigenvalue weighted by Gasteiger charge is -2.26. The van der Waals surface area contributed by atoms with E-state index in [-0.39, 0.29) is 5.91 Å². The van der Waals surface area contributed by atoms with Crippen LogP contribution in [0, 0.1) is 0 Å². The molecule has 1 amide bonds. The van der Waals surface area contributed by atoms with E-state index in [4.69, 9.17) is 16.4 Å². The number of benzene rings is 1. The van der Waals surface area contributed by atoms with Crippen molar-refractivity contribution in [3.05, 3.63) is 34.9 Å². The smallest absolute Gasteiger partial charge is 0.269 e. The van der Waals surface area contributed by atoms with Crippen molar-refractivity contribution in [3.63, 3.8) is 0 Å². The summed E-state index contributed by atoms with van der Waals surface area (Å²) >= 11 is 6.17. The number of carbonyl (C=O) groups excluding carboxylic acids is 1. The maximum Gasteiger partial charge on any atom is 0.269 e. The van der Waals surface area contributed by atoms with Crippen LogP contribution in [0.4, 0.5) is 0 Å². The molecule has 0 aliphatic carbocycles. The van der Waals surface area contributed by atoms with Crippen molar-refractivity contribution in [2.24, 2.45) is 5.16 Å². The number of halogens is 1. The molecule has 0 saturated carbocycles. The normalized spacial score (nSPS) is 25.5. The Hall–Kier alpha value is -1.55. The third kappa shape index (κ3) is 2.29. The fourth-order valence-corrected chi connectivity index (χ4v) is 2.99. The number of hydrogen-bond donors (Lipinski definition) is 0. The van der Waals surface area contributed by atoms with Gasteiger partial charge in [0.2, 0.25) is 5.60 Å². The third-order valence-corrected chi connectivity index (χ3v) is 4.22. The minimum Gasteiger partial charge on any atom is -0.379 e. The largest absolute Gasteiger partial charge is 0.379 e. The van der Waals surface area contributed by atoms with E-state index in [0.29, 0.717) is 11.4 Å². The molecule has 2 aliphatic rings. The first-order valence-corrected chi connectivity index (χ1v) is 7.27. The molecule has 3 rings (SSSR count). The number of hydrogen-bond acceptors (Lipinski definition) is 3. The number of amides is 1. The monoisotopic (exact) mass is 292 g/mol. The van der Waals surface area contributed by atoms with Crippen molar-refractivity contribution in [1.29, 1.82) is 0 Å². The van der Waals surface area contributed by atoms with Gasteiger partial charge in [-0.25, -0.2) is 0 Å². The van der Waals surface area contributed by atoms with Crippen molar-refractivity contribution in [1.82, 2.24) is 4.90 Å². The highest BCUT2D eigenvalue weighted by atomic mass is 35.5. The quantitative estimate of drug-likeness (QED) is 0.841. The second-order valence-electron chi connectivity index (χ2n) is 5.52. The number of rotatable bonds is 2. The molecule has 1 fully saturated rings. The number of nitrogens with zero attached hydrogens (tertiary/aromatic N) is 2. The molecule has 4 nitrogen and oxygen atoms in total. The lowest BCUT2D eigenvalue weighted by molar-refractivity contribution is -0.152. The lowest BCUT2D eigenvalue weighted by atomic mass is 9.94. The van der Waals surface area contributed by atoms with Gasteiger partial charge < -0.3 is 9.74 Å². The van der Waals surface area contributed by atoms with Crippen LogP contribution in [0.2, 0.25) is 5.02 Å². The van der Waals surface area contributed by atoms with Crippen LogP contribution in [-0.2, 0) is 9.63 Å². The second kappa shape index (κ2) is 5.09. The molecule has 1 aromatic rings. The molecule has 0 aromatic heterocycles. The number of oxime groups is 1. The molecular weight excluding hydrogens is 276 g/mol. The van der Waals surface area contributed by atoms with E-state index in [0.717, 1.165) is 37.2 Å². The predicted octanol–water partition coefficient (Wildman–Crippen LogP) is 2.85. The molecule has 0 spiro atoms. The van der Waals surface area contributed by atoms with Crippen LogP contribution >= 0.6 is 11.6 Å². The summed E-state index contributed by atoms with van der Waals surface area (Å²) in [6.07, 6.45) is 2.60. The summed E-state index contributed by atoms with van der Waals surface area (Å²) in [6, 6.07) is 7.49. The molecule has 0 radical (unpaired) electrons. The molecule has 2 heterocycles. The van der Waals surface area contributed by atoms with Crippen molar-refractivity contribution < 1.29 is 9.63 Å². The van der Waals surface area contributed by atoms with Gasteiger partial charge >= 0.3 is 0 Å². The standard InChI is InChI=1S/C15H17ClN2O2/c1-15(14(19)18-8-4-5-9-18)10-13(17-20-15)11-6-2-3-7-12(11)16/h2-3,6-7H,4-5,8-10H2,1H3/t15-/m1/s1. The highest BCUT2D eigenvalue weighted by Gasteiger charge is 2.45. The summed E-state index contributed by atoms with van der Waals surface area (Å²) in [5, 5.41) is 4.73. The van der Waals surface area contributed by atoms with Crippen molar-refractivity contribution in [3.8, 4) is 0 Å². The summed E-state index contributed by atoms with van der Waals surface area (Å²) in [5.41, 5.74) is 0.691. The van der Waals surface area contributed by atoms with Gasteiger partial charge in [0.1, 0.15) is 0 Å². The molecule has 0 bridgehead atoms. The van der Waals surface area contributed by atoms with Crippen LogP contribution in [0.25, 0.3) is 0 Å². The minimum absolute atomic E-state index is 0.0285. The van der Waals surface area contributed by atoms with E-state index in [1.165, 1.54) is 0 Å². The van der Waals surface area contributed by atoms with E-state index >= 15 is 0 Å². The first-order chi connectivity index (χ1) is 9.60. The fourth-order valence-electron chi connectivity index (χ4n) is 2.75. The SMILES string of the molecule is C[C@]1(C(=O)N2CCCC2)CC(c2ccccc2Cl)=NO1. The Kier molecular flexibility index (Phi) is 3.42. The number of likely N-dealkylation sites (tertiary alicyclic amines) is 1. The van der Waals surface area contributed by atoms with Crippen LogP contribution in [0.5, 0.6) is 0 Å². The van der Waals surface area contributed by atoms with Gasteiger partial charge in [-0.15, -0.1) is 0 Å². The number of carbonyl (C=O) groups is 1. The fraction of sp³-hybridized carbons (Fsp3) is 0.467. The molecule has 20 heavy (non-hydrogen) atoms. The maximum atomic E-state index is 12.5. The Morgan fingerprint density at radius 1 is 1.35 bits per heavy atom. The van der Waals surface area contributed by atoms with E-state index in [1.54, 1.807) is 6.92 Å². The molecule has 2 aliphatic heterocycles. The van der Waals surface area contributed by atoms with Crippen LogP contribution in [0.3, 0.4) is 0 Å². The topological polar surface area (TPSA) is 41.9 Å². The minimum atomic E-state index is -0.890. The van der Waals surface area contributed by atoms with Gasteiger partial charge in [-0.1, -0.05) is 35.0 Å². The Morgan fingerprint density at radius 2 is 2.05 bits per heavy atom. The third-order valence-electron chi connectivity index (χ3n) is 3.89. The van der Waals surface area contributed by atoms with Crippen molar-refractivity contribution >= 4 is 23.2 Å². The second-order valence-corrected chi connectivity index (χ2v) is 5.92. The van der Waals surface area contributed by atoms with E-state index < -0.39 is 5.60 Å². The van der Waals surface area contributed by atoms with E-state index in [9.17, 15) is 4.79 Å². The van der Waals surface area contributed by atoms with Gasteiger partial charge in [-0.2, -0.15) is 0 Å². The summed E-state index contributed by atoms with van der Waals surface area (Å²) in [7, 11) is 0. The molecule has 106 valence electrons. The molecule has 0 N–H and O–H groups in total. The zero-order valence-corrected chi connectivity index (χ0v) is 12.2. The Labute approximate surface area is 123 Å². The van der Waals surface area contributed by atoms with Gasteiger partial charge in [-0.05, 0) is 25.8 Å². The van der Waals surface area contributed by atoms with Gasteiger partial charge in [0.05, 0.1) is 5.71 Å². The zero-order chi connectivity index (χ0) is 14.2. The van der Waals surface area contributed by atoms with Gasteiger partial charge in [-0.3, -0.25) is 4.79 Å². The molecule has 0 unspecified atom stereocenters. The van der Waals surface area contributed by atoms with Crippen LogP contribution in [-0.4, -0.2) is 35.2 Å². The Morgan fingerprint density at radius 3 is 2.75 bits per heavy atom.